The molecule has 0 fully saturated rings. The van der Waals surface area contributed by atoms with Crippen LogP contribution < -0.4 is 9.47 Å². The SMILES string of the molecule is COc1nc(C(C)C)c(OC(C)=O)nc1I. The average Bonchev–Trinajstić information content (AvgIpc) is 2.16. The summed E-state index contributed by atoms with van der Waals surface area (Å²) in [5, 5.41) is 0. The van der Waals surface area contributed by atoms with Crippen molar-refractivity contribution >= 4 is 28.6 Å². The van der Waals surface area contributed by atoms with Gasteiger partial charge in [-0.05, 0) is 22.6 Å². The zero-order valence-corrected chi connectivity index (χ0v) is 11.7. The maximum Gasteiger partial charge on any atom is 0.309 e. The summed E-state index contributed by atoms with van der Waals surface area (Å²) in [5.41, 5.74) is 0.618. The van der Waals surface area contributed by atoms with Crippen LogP contribution in [0.2, 0.25) is 0 Å². The predicted octanol–water partition coefficient (Wildman–Crippen LogP) is 2.14. The van der Waals surface area contributed by atoms with E-state index >= 15 is 0 Å². The molecule has 0 radical (unpaired) electrons. The Hall–Kier alpha value is -0.920. The highest BCUT2D eigenvalue weighted by Crippen LogP contribution is 2.27. The van der Waals surface area contributed by atoms with Gasteiger partial charge in [-0.15, -0.1) is 0 Å². The predicted molar refractivity (Wildman–Crippen MR) is 66.7 cm³/mol. The molecule has 0 spiro atoms. The van der Waals surface area contributed by atoms with Crippen molar-refractivity contribution in [2.24, 2.45) is 0 Å². The first kappa shape index (κ1) is 13.1. The zero-order chi connectivity index (χ0) is 12.3. The molecule has 1 aromatic rings. The van der Waals surface area contributed by atoms with Crippen molar-refractivity contribution in [2.45, 2.75) is 26.7 Å². The first-order valence-corrected chi connectivity index (χ1v) is 5.83. The minimum Gasteiger partial charge on any atom is -0.479 e. The van der Waals surface area contributed by atoms with Crippen LogP contribution in [0.15, 0.2) is 0 Å². The zero-order valence-electron chi connectivity index (χ0n) is 9.57. The Bertz CT molecular complexity index is 407. The van der Waals surface area contributed by atoms with Crippen molar-refractivity contribution in [3.63, 3.8) is 0 Å². The number of halogens is 1. The van der Waals surface area contributed by atoms with E-state index in [9.17, 15) is 4.79 Å². The fraction of sp³-hybridized carbons (Fsp3) is 0.500. The molecule has 0 aliphatic rings. The Balaban J connectivity index is 3.24. The van der Waals surface area contributed by atoms with E-state index in [0.29, 0.717) is 15.3 Å². The summed E-state index contributed by atoms with van der Waals surface area (Å²) in [6.07, 6.45) is 0. The first-order valence-electron chi connectivity index (χ1n) is 4.75. The first-order chi connectivity index (χ1) is 7.45. The minimum absolute atomic E-state index is 0.104. The van der Waals surface area contributed by atoms with Crippen LogP contribution in [0.1, 0.15) is 32.4 Å². The number of carbonyl (C=O) groups is 1. The molecule has 1 heterocycles. The second kappa shape index (κ2) is 5.42. The lowest BCUT2D eigenvalue weighted by Gasteiger charge is -2.12. The summed E-state index contributed by atoms with van der Waals surface area (Å²) in [4.78, 5) is 19.4. The maximum atomic E-state index is 10.9. The molecule has 16 heavy (non-hydrogen) atoms. The molecule has 0 N–H and O–H groups in total. The minimum atomic E-state index is -0.405. The van der Waals surface area contributed by atoms with E-state index < -0.39 is 5.97 Å². The van der Waals surface area contributed by atoms with Gasteiger partial charge in [0.05, 0.1) is 7.11 Å². The van der Waals surface area contributed by atoms with E-state index in [0.717, 1.165) is 0 Å². The quantitative estimate of drug-likeness (QED) is 0.625. The van der Waals surface area contributed by atoms with Gasteiger partial charge in [0, 0.05) is 12.8 Å². The van der Waals surface area contributed by atoms with Gasteiger partial charge in [-0.25, -0.2) is 4.98 Å². The topological polar surface area (TPSA) is 61.3 Å². The molecular formula is C10H13IN2O3. The molecule has 88 valence electrons. The molecule has 0 amide bonds. The third-order valence-corrected chi connectivity index (χ3v) is 2.50. The third-order valence-electron chi connectivity index (χ3n) is 1.80. The van der Waals surface area contributed by atoms with Crippen LogP contribution in [0.25, 0.3) is 0 Å². The Labute approximate surface area is 108 Å². The van der Waals surface area contributed by atoms with Crippen LogP contribution in [0.5, 0.6) is 11.8 Å². The lowest BCUT2D eigenvalue weighted by atomic mass is 10.1. The van der Waals surface area contributed by atoms with Crippen LogP contribution in [0.4, 0.5) is 0 Å². The monoisotopic (exact) mass is 336 g/mol. The van der Waals surface area contributed by atoms with Gasteiger partial charge in [0.15, 0.2) is 3.70 Å². The number of nitrogens with zero attached hydrogens (tertiary/aromatic N) is 2. The molecule has 0 unspecified atom stereocenters. The molecule has 5 nitrogen and oxygen atoms in total. The molecule has 0 atom stereocenters. The van der Waals surface area contributed by atoms with E-state index in [1.165, 1.54) is 14.0 Å². The van der Waals surface area contributed by atoms with Crippen molar-refractivity contribution in [3.8, 4) is 11.8 Å². The lowest BCUT2D eigenvalue weighted by Crippen LogP contribution is -2.10. The molecule has 1 aromatic heterocycles. The van der Waals surface area contributed by atoms with Crippen LogP contribution in [0, 0.1) is 3.70 Å². The third kappa shape index (κ3) is 3.03. The summed E-state index contributed by atoms with van der Waals surface area (Å²) < 4.78 is 10.7. The Morgan fingerprint density at radius 1 is 1.31 bits per heavy atom. The number of rotatable bonds is 3. The molecule has 6 heteroatoms. The molecular weight excluding hydrogens is 323 g/mol. The van der Waals surface area contributed by atoms with Crippen molar-refractivity contribution < 1.29 is 14.3 Å². The Morgan fingerprint density at radius 3 is 2.38 bits per heavy atom. The summed E-state index contributed by atoms with van der Waals surface area (Å²) in [6.45, 7) is 5.23. The van der Waals surface area contributed by atoms with Crippen LogP contribution >= 0.6 is 22.6 Å². The van der Waals surface area contributed by atoms with Crippen molar-refractivity contribution in [1.82, 2.24) is 9.97 Å². The van der Waals surface area contributed by atoms with Gasteiger partial charge in [0.25, 0.3) is 0 Å². The van der Waals surface area contributed by atoms with Gasteiger partial charge in [0.1, 0.15) is 5.69 Å². The van der Waals surface area contributed by atoms with E-state index in [-0.39, 0.29) is 11.8 Å². The van der Waals surface area contributed by atoms with Gasteiger partial charge in [0.2, 0.25) is 11.8 Å². The molecule has 0 saturated carbocycles. The Morgan fingerprint density at radius 2 is 1.94 bits per heavy atom. The fourth-order valence-corrected chi connectivity index (χ4v) is 1.67. The van der Waals surface area contributed by atoms with Gasteiger partial charge < -0.3 is 9.47 Å². The van der Waals surface area contributed by atoms with Crippen molar-refractivity contribution in [3.05, 3.63) is 9.39 Å². The summed E-state index contributed by atoms with van der Waals surface area (Å²) in [5.74, 6) is 0.401. The van der Waals surface area contributed by atoms with Crippen molar-refractivity contribution in [1.29, 1.82) is 0 Å². The second-order valence-corrected chi connectivity index (χ2v) is 4.48. The van der Waals surface area contributed by atoms with Gasteiger partial charge in [-0.3, -0.25) is 4.79 Å². The normalized spacial score (nSPS) is 10.4. The molecule has 0 aliphatic heterocycles. The smallest absolute Gasteiger partial charge is 0.309 e. The highest BCUT2D eigenvalue weighted by molar-refractivity contribution is 14.1. The molecule has 0 aromatic carbocycles. The van der Waals surface area contributed by atoms with E-state index in [1.807, 2.05) is 36.4 Å². The second-order valence-electron chi connectivity index (χ2n) is 3.46. The molecule has 0 aliphatic carbocycles. The fourth-order valence-electron chi connectivity index (χ4n) is 1.11. The summed E-state index contributed by atoms with van der Waals surface area (Å²) in [7, 11) is 1.53. The average molecular weight is 336 g/mol. The molecule has 1 rings (SSSR count). The highest BCUT2D eigenvalue weighted by Gasteiger charge is 2.17. The number of esters is 1. The van der Waals surface area contributed by atoms with Crippen LogP contribution in [-0.2, 0) is 4.79 Å². The standard InChI is InChI=1S/C10H13IN2O3/c1-5(2)7-9(16-6(3)14)13-8(11)10(12-7)15-4/h5H,1-4H3. The van der Waals surface area contributed by atoms with E-state index in [2.05, 4.69) is 9.97 Å². The largest absolute Gasteiger partial charge is 0.479 e. The number of hydrogen-bond donors (Lipinski definition) is 0. The van der Waals surface area contributed by atoms with Crippen molar-refractivity contribution in [2.75, 3.05) is 7.11 Å². The lowest BCUT2D eigenvalue weighted by molar-refractivity contribution is -0.132. The van der Waals surface area contributed by atoms with Crippen LogP contribution in [0.3, 0.4) is 0 Å². The number of methoxy groups -OCH3 is 1. The number of hydrogen-bond acceptors (Lipinski definition) is 5. The number of aromatic nitrogens is 2. The summed E-state index contributed by atoms with van der Waals surface area (Å²) in [6, 6.07) is 0. The number of carbonyl (C=O) groups excluding carboxylic acids is 1. The van der Waals surface area contributed by atoms with Crippen LogP contribution in [-0.4, -0.2) is 23.0 Å². The molecule has 0 saturated heterocycles. The van der Waals surface area contributed by atoms with E-state index in [1.54, 1.807) is 0 Å². The maximum absolute atomic E-state index is 10.9. The number of ether oxygens (including phenoxy) is 2. The molecule has 0 bridgehead atoms. The van der Waals surface area contributed by atoms with Gasteiger partial charge in [-0.2, -0.15) is 4.98 Å². The highest BCUT2D eigenvalue weighted by atomic mass is 127. The van der Waals surface area contributed by atoms with E-state index in [4.69, 9.17) is 9.47 Å². The summed E-state index contributed by atoms with van der Waals surface area (Å²) >= 11 is 1.98. The van der Waals surface area contributed by atoms with Gasteiger partial charge >= 0.3 is 5.97 Å². The van der Waals surface area contributed by atoms with Gasteiger partial charge in [-0.1, -0.05) is 13.8 Å². The Kier molecular flexibility index (Phi) is 4.45.